The quantitative estimate of drug-likeness (QED) is 0.478. The van der Waals surface area contributed by atoms with Crippen LogP contribution in [0, 0.1) is 0 Å². The van der Waals surface area contributed by atoms with Crippen molar-refractivity contribution in [3.63, 3.8) is 0 Å². The summed E-state index contributed by atoms with van der Waals surface area (Å²) in [5.74, 6) is -0.0813. The Bertz CT molecular complexity index is 841. The Hall–Kier alpha value is -2.41. The van der Waals surface area contributed by atoms with Gasteiger partial charge in [0.1, 0.15) is 0 Å². The third-order valence-corrected chi connectivity index (χ3v) is 5.83. The molecule has 7 heteroatoms. The van der Waals surface area contributed by atoms with Gasteiger partial charge in [-0.25, -0.2) is 5.43 Å². The molecule has 1 aliphatic rings. The van der Waals surface area contributed by atoms with Gasteiger partial charge >= 0.3 is 0 Å². The Kier molecular flexibility index (Phi) is 8.88. The molecule has 0 atom stereocenters. The fraction of sp³-hybridized carbons (Fsp3) is 0.417. The summed E-state index contributed by atoms with van der Waals surface area (Å²) < 4.78 is 0. The van der Waals surface area contributed by atoms with Gasteiger partial charge in [0.25, 0.3) is 5.91 Å². The first-order chi connectivity index (χ1) is 15.1. The molecular weight excluding hydrogens is 410 g/mol. The summed E-state index contributed by atoms with van der Waals surface area (Å²) in [6.45, 7) is 11.2. The minimum atomic E-state index is -0.0813. The van der Waals surface area contributed by atoms with Crippen LogP contribution < -0.4 is 10.3 Å². The number of halogens is 1. The van der Waals surface area contributed by atoms with Crippen molar-refractivity contribution in [1.29, 1.82) is 0 Å². The van der Waals surface area contributed by atoms with Crippen LogP contribution in [-0.4, -0.2) is 67.7 Å². The summed E-state index contributed by atoms with van der Waals surface area (Å²) in [4.78, 5) is 19.1. The Morgan fingerprint density at radius 1 is 1.00 bits per heavy atom. The van der Waals surface area contributed by atoms with E-state index in [9.17, 15) is 4.79 Å². The molecular formula is C24H32ClN5O. The van der Waals surface area contributed by atoms with E-state index in [2.05, 4.69) is 63.3 Å². The van der Waals surface area contributed by atoms with E-state index in [-0.39, 0.29) is 5.91 Å². The lowest BCUT2D eigenvalue weighted by Gasteiger charge is -2.34. The van der Waals surface area contributed by atoms with Gasteiger partial charge < -0.3 is 4.90 Å². The van der Waals surface area contributed by atoms with Gasteiger partial charge in [0, 0.05) is 56.5 Å². The molecule has 0 aliphatic carbocycles. The predicted molar refractivity (Wildman–Crippen MR) is 129 cm³/mol. The Balaban J connectivity index is 1.38. The first-order valence-electron chi connectivity index (χ1n) is 10.9. The fourth-order valence-electron chi connectivity index (χ4n) is 3.73. The van der Waals surface area contributed by atoms with Crippen molar-refractivity contribution < 1.29 is 4.79 Å². The van der Waals surface area contributed by atoms with Crippen LogP contribution in [0.2, 0.25) is 5.02 Å². The van der Waals surface area contributed by atoms with E-state index in [1.807, 2.05) is 24.3 Å². The van der Waals surface area contributed by atoms with Crippen LogP contribution >= 0.6 is 11.6 Å². The highest BCUT2D eigenvalue weighted by Gasteiger charge is 2.18. The van der Waals surface area contributed by atoms with Gasteiger partial charge in [-0.05, 0) is 49.2 Å². The van der Waals surface area contributed by atoms with Gasteiger partial charge in [-0.3, -0.25) is 14.6 Å². The lowest BCUT2D eigenvalue weighted by Crippen LogP contribution is -2.48. The second kappa shape index (κ2) is 11.8. The topological polar surface area (TPSA) is 51.2 Å². The highest BCUT2D eigenvalue weighted by Crippen LogP contribution is 2.14. The number of hydrazone groups is 1. The number of hydrogen-bond acceptors (Lipinski definition) is 5. The third kappa shape index (κ3) is 7.35. The average Bonchev–Trinajstić information content (AvgIpc) is 2.78. The molecule has 6 nitrogen and oxygen atoms in total. The molecule has 2 aromatic rings. The van der Waals surface area contributed by atoms with Crippen molar-refractivity contribution in [1.82, 2.24) is 15.2 Å². The van der Waals surface area contributed by atoms with Crippen molar-refractivity contribution in [2.75, 3.05) is 50.7 Å². The van der Waals surface area contributed by atoms with Crippen LogP contribution in [0.5, 0.6) is 0 Å². The molecule has 2 aromatic carbocycles. The smallest absolute Gasteiger partial charge is 0.254 e. The van der Waals surface area contributed by atoms with Gasteiger partial charge in [0.15, 0.2) is 0 Å². The Morgan fingerprint density at radius 2 is 1.61 bits per heavy atom. The van der Waals surface area contributed by atoms with Crippen LogP contribution in [0.1, 0.15) is 25.0 Å². The minimum Gasteiger partial charge on any atom is -0.372 e. The van der Waals surface area contributed by atoms with Crippen LogP contribution in [0.3, 0.4) is 0 Å². The van der Waals surface area contributed by atoms with E-state index in [4.69, 9.17) is 11.6 Å². The van der Waals surface area contributed by atoms with Crippen molar-refractivity contribution >= 4 is 29.4 Å². The number of nitrogens with one attached hydrogen (secondary N) is 1. The summed E-state index contributed by atoms with van der Waals surface area (Å²) in [7, 11) is 0. The maximum Gasteiger partial charge on any atom is 0.254 e. The molecule has 166 valence electrons. The zero-order valence-corrected chi connectivity index (χ0v) is 19.2. The van der Waals surface area contributed by atoms with E-state index in [0.717, 1.165) is 56.4 Å². The zero-order chi connectivity index (χ0) is 22.1. The Morgan fingerprint density at radius 3 is 2.23 bits per heavy atom. The molecule has 0 bridgehead atoms. The highest BCUT2D eigenvalue weighted by molar-refractivity contribution is 6.30. The number of hydrogen-bond donors (Lipinski definition) is 1. The molecule has 3 rings (SSSR count). The number of carbonyl (C=O) groups is 1. The molecule has 1 amide bonds. The first kappa shape index (κ1) is 23.3. The molecule has 0 saturated carbocycles. The van der Waals surface area contributed by atoms with Crippen LogP contribution in [-0.2, 0) is 11.3 Å². The van der Waals surface area contributed by atoms with Crippen LogP contribution in [0.4, 0.5) is 5.69 Å². The largest absolute Gasteiger partial charge is 0.372 e. The van der Waals surface area contributed by atoms with Crippen molar-refractivity contribution in [3.8, 4) is 0 Å². The number of amides is 1. The molecule has 0 aromatic heterocycles. The summed E-state index contributed by atoms with van der Waals surface area (Å²) in [5, 5.41) is 4.88. The number of nitrogens with zero attached hydrogens (tertiary/aromatic N) is 4. The van der Waals surface area contributed by atoms with Crippen LogP contribution in [0.15, 0.2) is 53.6 Å². The van der Waals surface area contributed by atoms with Crippen molar-refractivity contribution in [3.05, 3.63) is 64.7 Å². The van der Waals surface area contributed by atoms with E-state index in [1.54, 1.807) is 6.21 Å². The summed E-state index contributed by atoms with van der Waals surface area (Å²) in [6.07, 6.45) is 1.69. The number of carbonyl (C=O) groups excluding carboxylic acids is 1. The second-order valence-corrected chi connectivity index (χ2v) is 8.17. The Labute approximate surface area is 190 Å². The standard InChI is InChI=1S/C24H32ClN5O/c1-3-30(4-2)23-11-7-20(8-12-23)17-26-27-24(31)19-29-15-13-28(14-16-29)18-21-5-9-22(25)10-6-21/h5-12,17H,3-4,13-16,18-19H2,1-2H3,(H,27,31). The van der Waals surface area contributed by atoms with Gasteiger partial charge in [0.2, 0.25) is 0 Å². The van der Waals surface area contributed by atoms with E-state index in [1.165, 1.54) is 11.3 Å². The van der Waals surface area contributed by atoms with Crippen LogP contribution in [0.25, 0.3) is 0 Å². The third-order valence-electron chi connectivity index (χ3n) is 5.58. The predicted octanol–water partition coefficient (Wildman–Crippen LogP) is 3.45. The number of piperazine rings is 1. The molecule has 0 spiro atoms. The second-order valence-electron chi connectivity index (χ2n) is 7.74. The zero-order valence-electron chi connectivity index (χ0n) is 18.4. The van der Waals surface area contributed by atoms with Gasteiger partial charge in [0.05, 0.1) is 12.8 Å². The lowest BCUT2D eigenvalue weighted by atomic mass is 10.2. The molecule has 1 aliphatic heterocycles. The van der Waals surface area contributed by atoms with E-state index < -0.39 is 0 Å². The number of anilines is 1. The molecule has 0 radical (unpaired) electrons. The van der Waals surface area contributed by atoms with Gasteiger partial charge in [-0.2, -0.15) is 5.10 Å². The number of benzene rings is 2. The van der Waals surface area contributed by atoms with Gasteiger partial charge in [-0.1, -0.05) is 35.9 Å². The maximum atomic E-state index is 12.2. The fourth-order valence-corrected chi connectivity index (χ4v) is 3.86. The monoisotopic (exact) mass is 441 g/mol. The van der Waals surface area contributed by atoms with E-state index >= 15 is 0 Å². The normalized spacial score (nSPS) is 15.3. The number of rotatable bonds is 9. The van der Waals surface area contributed by atoms with Crippen molar-refractivity contribution in [2.24, 2.45) is 5.10 Å². The average molecular weight is 442 g/mol. The van der Waals surface area contributed by atoms with E-state index in [0.29, 0.717) is 6.54 Å². The highest BCUT2D eigenvalue weighted by atomic mass is 35.5. The molecule has 1 N–H and O–H groups in total. The maximum absolute atomic E-state index is 12.2. The summed E-state index contributed by atoms with van der Waals surface area (Å²) >= 11 is 5.95. The molecule has 1 saturated heterocycles. The molecule has 1 heterocycles. The molecule has 1 fully saturated rings. The summed E-state index contributed by atoms with van der Waals surface area (Å²) in [6, 6.07) is 16.2. The van der Waals surface area contributed by atoms with Gasteiger partial charge in [-0.15, -0.1) is 0 Å². The SMILES string of the molecule is CCN(CC)c1ccc(C=NNC(=O)CN2CCN(Cc3ccc(Cl)cc3)CC2)cc1. The summed E-state index contributed by atoms with van der Waals surface area (Å²) in [5.41, 5.74) is 6.07. The first-order valence-corrected chi connectivity index (χ1v) is 11.3. The molecule has 31 heavy (non-hydrogen) atoms. The van der Waals surface area contributed by atoms with Crippen molar-refractivity contribution in [2.45, 2.75) is 20.4 Å². The molecule has 0 unspecified atom stereocenters. The lowest BCUT2D eigenvalue weighted by molar-refractivity contribution is -0.122. The minimum absolute atomic E-state index is 0.0813.